The van der Waals surface area contributed by atoms with E-state index in [1.165, 1.54) is 13.2 Å². The van der Waals surface area contributed by atoms with Crippen LogP contribution in [-0.2, 0) is 6.42 Å². The Hall–Kier alpha value is -1.09. The molecule has 1 unspecified atom stereocenters. The van der Waals surface area contributed by atoms with Gasteiger partial charge in [-0.3, -0.25) is 0 Å². The molecule has 0 saturated carbocycles. The summed E-state index contributed by atoms with van der Waals surface area (Å²) >= 11 is 0. The summed E-state index contributed by atoms with van der Waals surface area (Å²) in [5.74, 6) is -0.0239. The van der Waals surface area contributed by atoms with Crippen LogP contribution < -0.4 is 10.5 Å². The molecule has 0 aromatic heterocycles. The normalized spacial score (nSPS) is 12.6. The van der Waals surface area contributed by atoms with Crippen LogP contribution in [0.2, 0.25) is 0 Å². The van der Waals surface area contributed by atoms with Gasteiger partial charge in [0.2, 0.25) is 0 Å². The molecule has 0 aliphatic rings. The minimum atomic E-state index is -0.322. The fraction of sp³-hybridized carbons (Fsp3) is 0.455. The second-order valence-electron chi connectivity index (χ2n) is 3.48. The third kappa shape index (κ3) is 3.00. The standard InChI is InChI=1S/C11H16FNO/c1-8(13)3-4-9-5-6-10(12)11(7-9)14-2/h5-8H,3-4,13H2,1-2H3. The first kappa shape index (κ1) is 11.0. The van der Waals surface area contributed by atoms with Crippen LogP contribution in [0.4, 0.5) is 4.39 Å². The summed E-state index contributed by atoms with van der Waals surface area (Å²) < 4.78 is 17.9. The van der Waals surface area contributed by atoms with Gasteiger partial charge in [0.1, 0.15) is 0 Å². The van der Waals surface area contributed by atoms with Gasteiger partial charge in [-0.2, -0.15) is 0 Å². The van der Waals surface area contributed by atoms with Crippen molar-refractivity contribution in [1.82, 2.24) is 0 Å². The molecule has 0 bridgehead atoms. The van der Waals surface area contributed by atoms with E-state index >= 15 is 0 Å². The van der Waals surface area contributed by atoms with Crippen LogP contribution in [0.3, 0.4) is 0 Å². The molecule has 78 valence electrons. The van der Waals surface area contributed by atoms with E-state index in [0.717, 1.165) is 18.4 Å². The van der Waals surface area contributed by atoms with Crippen LogP contribution in [0.15, 0.2) is 18.2 Å². The lowest BCUT2D eigenvalue weighted by atomic mass is 10.1. The molecule has 0 radical (unpaired) electrons. The Kier molecular flexibility index (Phi) is 3.89. The molecule has 0 aliphatic carbocycles. The molecule has 1 atom stereocenters. The summed E-state index contributed by atoms with van der Waals surface area (Å²) in [5, 5.41) is 0. The van der Waals surface area contributed by atoms with Crippen LogP contribution >= 0.6 is 0 Å². The molecule has 0 aliphatic heterocycles. The van der Waals surface area contributed by atoms with Crippen LogP contribution in [0.5, 0.6) is 5.75 Å². The second-order valence-corrected chi connectivity index (χ2v) is 3.48. The molecule has 1 aromatic carbocycles. The zero-order valence-corrected chi connectivity index (χ0v) is 8.59. The van der Waals surface area contributed by atoms with E-state index in [-0.39, 0.29) is 11.9 Å². The lowest BCUT2D eigenvalue weighted by Crippen LogP contribution is -2.15. The molecule has 2 nitrogen and oxygen atoms in total. The Morgan fingerprint density at radius 1 is 1.50 bits per heavy atom. The topological polar surface area (TPSA) is 35.2 Å². The van der Waals surface area contributed by atoms with Crippen molar-refractivity contribution in [3.05, 3.63) is 29.6 Å². The van der Waals surface area contributed by atoms with Crippen LogP contribution in [0, 0.1) is 5.82 Å². The minimum absolute atomic E-state index is 0.172. The van der Waals surface area contributed by atoms with Crippen molar-refractivity contribution in [2.45, 2.75) is 25.8 Å². The van der Waals surface area contributed by atoms with E-state index in [2.05, 4.69) is 0 Å². The smallest absolute Gasteiger partial charge is 0.165 e. The average molecular weight is 197 g/mol. The van der Waals surface area contributed by atoms with Gasteiger partial charge in [0.05, 0.1) is 7.11 Å². The van der Waals surface area contributed by atoms with E-state index < -0.39 is 0 Å². The van der Waals surface area contributed by atoms with E-state index in [4.69, 9.17) is 10.5 Å². The van der Waals surface area contributed by atoms with Gasteiger partial charge in [-0.05, 0) is 37.5 Å². The van der Waals surface area contributed by atoms with Gasteiger partial charge in [-0.15, -0.1) is 0 Å². The van der Waals surface area contributed by atoms with Crippen molar-refractivity contribution in [3.63, 3.8) is 0 Å². The van der Waals surface area contributed by atoms with Crippen molar-refractivity contribution in [1.29, 1.82) is 0 Å². The summed E-state index contributed by atoms with van der Waals surface area (Å²) in [6, 6.07) is 5.08. The van der Waals surface area contributed by atoms with Crippen molar-refractivity contribution in [2.24, 2.45) is 5.73 Å². The molecule has 3 heteroatoms. The fourth-order valence-electron chi connectivity index (χ4n) is 1.25. The fourth-order valence-corrected chi connectivity index (χ4v) is 1.25. The zero-order chi connectivity index (χ0) is 10.6. The number of halogens is 1. The summed E-state index contributed by atoms with van der Waals surface area (Å²) in [5.41, 5.74) is 6.69. The molecule has 1 rings (SSSR count). The van der Waals surface area contributed by atoms with Crippen LogP contribution in [0.25, 0.3) is 0 Å². The van der Waals surface area contributed by atoms with Crippen LogP contribution in [-0.4, -0.2) is 13.2 Å². The van der Waals surface area contributed by atoms with Gasteiger partial charge in [-0.1, -0.05) is 6.07 Å². The predicted molar refractivity (Wildman–Crippen MR) is 54.9 cm³/mol. The first-order valence-electron chi connectivity index (χ1n) is 4.71. The highest BCUT2D eigenvalue weighted by Gasteiger charge is 2.03. The summed E-state index contributed by atoms with van der Waals surface area (Å²) in [7, 11) is 1.47. The number of benzene rings is 1. The minimum Gasteiger partial charge on any atom is -0.494 e. The first-order valence-corrected chi connectivity index (χ1v) is 4.71. The Bertz CT molecular complexity index is 299. The predicted octanol–water partition coefficient (Wildman–Crippen LogP) is 2.11. The van der Waals surface area contributed by atoms with Crippen molar-refractivity contribution in [3.8, 4) is 5.75 Å². The number of hydrogen-bond donors (Lipinski definition) is 1. The third-order valence-electron chi connectivity index (χ3n) is 2.10. The van der Waals surface area contributed by atoms with Crippen molar-refractivity contribution < 1.29 is 9.13 Å². The molecule has 0 saturated heterocycles. The monoisotopic (exact) mass is 197 g/mol. The molecule has 0 spiro atoms. The van der Waals surface area contributed by atoms with Gasteiger partial charge in [0, 0.05) is 6.04 Å². The highest BCUT2D eigenvalue weighted by atomic mass is 19.1. The largest absolute Gasteiger partial charge is 0.494 e. The van der Waals surface area contributed by atoms with Gasteiger partial charge in [0.25, 0.3) is 0 Å². The highest BCUT2D eigenvalue weighted by molar-refractivity contribution is 5.30. The average Bonchev–Trinajstić information content (AvgIpc) is 2.16. The molecule has 1 aromatic rings. The lowest BCUT2D eigenvalue weighted by molar-refractivity contribution is 0.386. The zero-order valence-electron chi connectivity index (χ0n) is 8.59. The molecule has 0 fully saturated rings. The molecular weight excluding hydrogens is 181 g/mol. The molecule has 0 heterocycles. The SMILES string of the molecule is COc1cc(CCC(C)N)ccc1F. The Morgan fingerprint density at radius 2 is 2.21 bits per heavy atom. The third-order valence-corrected chi connectivity index (χ3v) is 2.10. The summed E-state index contributed by atoms with van der Waals surface area (Å²) in [6.07, 6.45) is 1.75. The van der Waals surface area contributed by atoms with Gasteiger partial charge >= 0.3 is 0 Å². The van der Waals surface area contributed by atoms with Crippen molar-refractivity contribution >= 4 is 0 Å². The number of rotatable bonds is 4. The number of hydrogen-bond acceptors (Lipinski definition) is 2. The maximum absolute atomic E-state index is 13.0. The summed E-state index contributed by atoms with van der Waals surface area (Å²) in [4.78, 5) is 0. The highest BCUT2D eigenvalue weighted by Crippen LogP contribution is 2.19. The van der Waals surface area contributed by atoms with E-state index in [0.29, 0.717) is 5.75 Å². The molecule has 2 N–H and O–H groups in total. The number of ether oxygens (including phenoxy) is 1. The maximum Gasteiger partial charge on any atom is 0.165 e. The maximum atomic E-state index is 13.0. The number of nitrogens with two attached hydrogens (primary N) is 1. The molecular formula is C11H16FNO. The van der Waals surface area contributed by atoms with Crippen LogP contribution in [0.1, 0.15) is 18.9 Å². The first-order chi connectivity index (χ1) is 6.63. The second kappa shape index (κ2) is 4.96. The Labute approximate surface area is 83.9 Å². The Morgan fingerprint density at radius 3 is 2.79 bits per heavy atom. The molecule has 0 amide bonds. The van der Waals surface area contributed by atoms with E-state index in [1.807, 2.05) is 6.92 Å². The Balaban J connectivity index is 2.69. The van der Waals surface area contributed by atoms with Gasteiger partial charge in [-0.25, -0.2) is 4.39 Å². The quantitative estimate of drug-likeness (QED) is 0.802. The molecule has 14 heavy (non-hydrogen) atoms. The number of methoxy groups -OCH3 is 1. The van der Waals surface area contributed by atoms with Crippen molar-refractivity contribution in [2.75, 3.05) is 7.11 Å². The van der Waals surface area contributed by atoms with Gasteiger partial charge in [0.15, 0.2) is 11.6 Å². The summed E-state index contributed by atoms with van der Waals surface area (Å²) in [6.45, 7) is 1.96. The number of aryl methyl sites for hydroxylation is 1. The van der Waals surface area contributed by atoms with Gasteiger partial charge < -0.3 is 10.5 Å². The van der Waals surface area contributed by atoms with E-state index in [9.17, 15) is 4.39 Å². The lowest BCUT2D eigenvalue weighted by Gasteiger charge is -2.07. The van der Waals surface area contributed by atoms with E-state index in [1.54, 1.807) is 12.1 Å².